The van der Waals surface area contributed by atoms with Gasteiger partial charge in [-0.05, 0) is 31.0 Å². The summed E-state index contributed by atoms with van der Waals surface area (Å²) < 4.78 is 0. The van der Waals surface area contributed by atoms with Crippen LogP contribution in [-0.4, -0.2) is 28.6 Å². The molecule has 1 aromatic heterocycles. The second-order valence-electron chi connectivity index (χ2n) is 4.66. The fraction of sp³-hybridized carbons (Fsp3) is 0.357. The van der Waals surface area contributed by atoms with Crippen molar-refractivity contribution in [1.82, 2.24) is 10.3 Å². The Kier molecular flexibility index (Phi) is 4.45. The first kappa shape index (κ1) is 13.9. The van der Waals surface area contributed by atoms with Gasteiger partial charge in [0.25, 0.3) is 0 Å². The maximum Gasteiger partial charge on any atom is 0.224 e. The van der Waals surface area contributed by atoms with E-state index in [1.54, 1.807) is 0 Å². The summed E-state index contributed by atoms with van der Waals surface area (Å²) in [6.45, 7) is 1.95. The predicted octanol–water partition coefficient (Wildman–Crippen LogP) is 2.25. The molecule has 3 N–H and O–H groups in total. The van der Waals surface area contributed by atoms with E-state index in [0.717, 1.165) is 16.5 Å². The van der Waals surface area contributed by atoms with E-state index in [0.29, 0.717) is 17.9 Å². The second kappa shape index (κ2) is 6.08. The third kappa shape index (κ3) is 3.49. The smallest absolute Gasteiger partial charge is 0.224 e. The molecule has 0 radical (unpaired) electrons. The van der Waals surface area contributed by atoms with Crippen LogP contribution in [0.2, 0.25) is 5.02 Å². The van der Waals surface area contributed by atoms with Crippen LogP contribution in [0.5, 0.6) is 0 Å². The molecule has 2 rings (SSSR count). The van der Waals surface area contributed by atoms with E-state index in [2.05, 4.69) is 10.3 Å². The Labute approximate surface area is 116 Å². The Morgan fingerprint density at radius 2 is 2.32 bits per heavy atom. The molecule has 4 nitrogen and oxygen atoms in total. The van der Waals surface area contributed by atoms with Crippen molar-refractivity contribution in [2.24, 2.45) is 0 Å². The quantitative estimate of drug-likeness (QED) is 0.786. The van der Waals surface area contributed by atoms with Gasteiger partial charge < -0.3 is 15.4 Å². The van der Waals surface area contributed by atoms with Crippen molar-refractivity contribution in [1.29, 1.82) is 0 Å². The molecule has 1 amide bonds. The molecule has 0 aliphatic heterocycles. The van der Waals surface area contributed by atoms with Crippen molar-refractivity contribution < 1.29 is 9.90 Å². The van der Waals surface area contributed by atoms with Crippen LogP contribution in [-0.2, 0) is 11.2 Å². The number of H-pyrrole nitrogens is 1. The average molecular weight is 281 g/mol. The highest BCUT2D eigenvalue weighted by atomic mass is 35.5. The molecule has 2 aromatic rings. The Bertz CT molecular complexity index is 580. The van der Waals surface area contributed by atoms with E-state index < -0.39 is 0 Å². The monoisotopic (exact) mass is 280 g/mol. The lowest BCUT2D eigenvalue weighted by atomic mass is 10.1. The summed E-state index contributed by atoms with van der Waals surface area (Å²) in [6, 6.07) is 5.55. The minimum atomic E-state index is -0.0446. The van der Waals surface area contributed by atoms with E-state index in [9.17, 15) is 4.79 Å². The Morgan fingerprint density at radius 1 is 1.53 bits per heavy atom. The van der Waals surface area contributed by atoms with Gasteiger partial charge in [-0.1, -0.05) is 17.7 Å². The molecule has 0 aliphatic rings. The number of fused-ring (bicyclic) bond motifs is 1. The van der Waals surface area contributed by atoms with Gasteiger partial charge in [-0.2, -0.15) is 0 Å². The number of hydrogen-bond acceptors (Lipinski definition) is 2. The van der Waals surface area contributed by atoms with Crippen LogP contribution >= 0.6 is 11.6 Å². The van der Waals surface area contributed by atoms with Gasteiger partial charge in [0, 0.05) is 34.8 Å². The number of carbonyl (C=O) groups is 1. The lowest BCUT2D eigenvalue weighted by Gasteiger charge is -2.11. The summed E-state index contributed by atoms with van der Waals surface area (Å²) >= 11 is 5.91. The van der Waals surface area contributed by atoms with Gasteiger partial charge >= 0.3 is 0 Å². The van der Waals surface area contributed by atoms with Gasteiger partial charge in [0.2, 0.25) is 5.91 Å². The highest BCUT2D eigenvalue weighted by Gasteiger charge is 2.11. The largest absolute Gasteiger partial charge is 0.396 e. The van der Waals surface area contributed by atoms with Gasteiger partial charge in [0.15, 0.2) is 0 Å². The van der Waals surface area contributed by atoms with Crippen LogP contribution in [0.1, 0.15) is 18.9 Å². The summed E-state index contributed by atoms with van der Waals surface area (Å²) in [4.78, 5) is 15.0. The second-order valence-corrected chi connectivity index (χ2v) is 5.10. The van der Waals surface area contributed by atoms with Gasteiger partial charge in [-0.3, -0.25) is 4.79 Å². The lowest BCUT2D eigenvalue weighted by Crippen LogP contribution is -2.34. The highest BCUT2D eigenvalue weighted by Crippen LogP contribution is 2.22. The number of amides is 1. The zero-order chi connectivity index (χ0) is 13.8. The lowest BCUT2D eigenvalue weighted by molar-refractivity contribution is -0.121. The number of aromatic nitrogens is 1. The first-order chi connectivity index (χ1) is 9.10. The number of carbonyl (C=O) groups excluding carboxylic acids is 1. The normalized spacial score (nSPS) is 12.6. The molecular weight excluding hydrogens is 264 g/mol. The summed E-state index contributed by atoms with van der Waals surface area (Å²) in [5.41, 5.74) is 1.87. The summed E-state index contributed by atoms with van der Waals surface area (Å²) in [5, 5.41) is 13.3. The first-order valence-electron chi connectivity index (χ1n) is 6.26. The third-order valence-corrected chi connectivity index (χ3v) is 3.29. The predicted molar refractivity (Wildman–Crippen MR) is 76.3 cm³/mol. The summed E-state index contributed by atoms with van der Waals surface area (Å²) in [7, 11) is 0. The van der Waals surface area contributed by atoms with Crippen LogP contribution in [0, 0.1) is 0 Å². The Balaban J connectivity index is 2.07. The topological polar surface area (TPSA) is 65.1 Å². The van der Waals surface area contributed by atoms with Crippen molar-refractivity contribution in [2.75, 3.05) is 6.61 Å². The summed E-state index contributed by atoms with van der Waals surface area (Å²) in [6.07, 6.45) is 2.71. The zero-order valence-corrected chi connectivity index (χ0v) is 11.5. The van der Waals surface area contributed by atoms with Crippen molar-refractivity contribution in [3.8, 4) is 0 Å². The molecule has 0 spiro atoms. The van der Waals surface area contributed by atoms with Crippen LogP contribution < -0.4 is 5.32 Å². The number of hydrogen-bond donors (Lipinski definition) is 3. The minimum absolute atomic E-state index is 0.0165. The van der Waals surface area contributed by atoms with E-state index >= 15 is 0 Å². The highest BCUT2D eigenvalue weighted by molar-refractivity contribution is 6.31. The number of nitrogens with one attached hydrogen (secondary N) is 2. The van der Waals surface area contributed by atoms with Crippen LogP contribution in [0.4, 0.5) is 0 Å². The van der Waals surface area contributed by atoms with Gasteiger partial charge in [0.05, 0.1) is 6.42 Å². The number of aliphatic hydroxyl groups excluding tert-OH is 1. The molecule has 5 heteroatoms. The van der Waals surface area contributed by atoms with Gasteiger partial charge in [0.1, 0.15) is 0 Å². The van der Waals surface area contributed by atoms with E-state index in [1.165, 1.54) is 0 Å². The molecule has 0 aliphatic carbocycles. The molecule has 0 fully saturated rings. The Hall–Kier alpha value is -1.52. The molecule has 1 aromatic carbocycles. The molecule has 1 atom stereocenters. The number of aromatic amines is 1. The SMILES string of the molecule is CC(CCO)NC(=O)Cc1c[nH]c2cc(Cl)ccc12. The van der Waals surface area contributed by atoms with E-state index in [4.69, 9.17) is 16.7 Å². The molecule has 0 saturated carbocycles. The first-order valence-corrected chi connectivity index (χ1v) is 6.63. The van der Waals surface area contributed by atoms with E-state index in [1.807, 2.05) is 31.3 Å². The number of benzene rings is 1. The van der Waals surface area contributed by atoms with Crippen molar-refractivity contribution >= 4 is 28.4 Å². The fourth-order valence-corrected chi connectivity index (χ4v) is 2.24. The molecule has 1 heterocycles. The number of halogens is 1. The van der Waals surface area contributed by atoms with Crippen LogP contribution in [0.15, 0.2) is 24.4 Å². The standard InChI is InChI=1S/C14H17ClN2O2/c1-9(4-5-18)17-14(19)6-10-8-16-13-7-11(15)2-3-12(10)13/h2-3,7-9,16,18H,4-6H2,1H3,(H,17,19). The third-order valence-electron chi connectivity index (χ3n) is 3.05. The maximum absolute atomic E-state index is 11.9. The zero-order valence-electron chi connectivity index (χ0n) is 10.7. The average Bonchev–Trinajstić information content (AvgIpc) is 2.71. The van der Waals surface area contributed by atoms with Crippen molar-refractivity contribution in [2.45, 2.75) is 25.8 Å². The molecule has 1 unspecified atom stereocenters. The summed E-state index contributed by atoms with van der Waals surface area (Å²) in [5.74, 6) is -0.0446. The molecule has 0 bridgehead atoms. The van der Waals surface area contributed by atoms with Gasteiger partial charge in [-0.15, -0.1) is 0 Å². The van der Waals surface area contributed by atoms with Crippen molar-refractivity contribution in [3.05, 3.63) is 35.0 Å². The maximum atomic E-state index is 11.9. The number of aliphatic hydroxyl groups is 1. The molecule has 19 heavy (non-hydrogen) atoms. The molecular formula is C14H17ClN2O2. The van der Waals surface area contributed by atoms with Crippen molar-refractivity contribution in [3.63, 3.8) is 0 Å². The van der Waals surface area contributed by atoms with E-state index in [-0.39, 0.29) is 18.6 Å². The molecule has 0 saturated heterocycles. The molecule has 102 valence electrons. The fourth-order valence-electron chi connectivity index (χ4n) is 2.07. The van der Waals surface area contributed by atoms with Crippen LogP contribution in [0.3, 0.4) is 0 Å². The van der Waals surface area contributed by atoms with Gasteiger partial charge in [-0.25, -0.2) is 0 Å². The van der Waals surface area contributed by atoms with Crippen LogP contribution in [0.25, 0.3) is 10.9 Å². The minimum Gasteiger partial charge on any atom is -0.396 e. The number of rotatable bonds is 5. The Morgan fingerprint density at radius 3 is 3.05 bits per heavy atom.